The van der Waals surface area contributed by atoms with Gasteiger partial charge in [-0.15, -0.1) is 0 Å². The summed E-state index contributed by atoms with van der Waals surface area (Å²) in [6, 6.07) is 5.65. The fraction of sp³-hybridized carbons (Fsp3) is 0.435. The number of aromatic hydroxyl groups is 1. The quantitative estimate of drug-likeness (QED) is 0.562. The number of halogens is 3. The maximum atomic E-state index is 13.2. The minimum absolute atomic E-state index is 0.0636. The van der Waals surface area contributed by atoms with E-state index in [1.807, 2.05) is 0 Å². The molecule has 0 bridgehead atoms. The van der Waals surface area contributed by atoms with Crippen molar-refractivity contribution in [3.05, 3.63) is 47.8 Å². The molecule has 1 aromatic carbocycles. The second-order valence-corrected chi connectivity index (χ2v) is 8.41. The van der Waals surface area contributed by atoms with Crippen LogP contribution in [0.1, 0.15) is 36.9 Å². The third kappa shape index (κ3) is 5.58. The highest BCUT2D eigenvalue weighted by atomic mass is 19.4. The number of phenols is 1. The van der Waals surface area contributed by atoms with Crippen molar-refractivity contribution >= 4 is 11.8 Å². The van der Waals surface area contributed by atoms with E-state index in [9.17, 15) is 27.9 Å². The Morgan fingerprint density at radius 1 is 1.18 bits per heavy atom. The van der Waals surface area contributed by atoms with Crippen LogP contribution in [-0.4, -0.2) is 40.7 Å². The van der Waals surface area contributed by atoms with Gasteiger partial charge in [0.05, 0.1) is 18.4 Å². The summed E-state index contributed by atoms with van der Waals surface area (Å²) in [6.45, 7) is 1.15. The summed E-state index contributed by atoms with van der Waals surface area (Å²) in [4.78, 5) is 29.2. The zero-order chi connectivity index (χ0) is 24.3. The molecule has 182 valence electrons. The molecule has 2 heterocycles. The van der Waals surface area contributed by atoms with Crippen molar-refractivity contribution < 1.29 is 37.3 Å². The molecular weight excluding hydrogens is 455 g/mol. The number of ether oxygens (including phenoxy) is 2. The number of aromatic nitrogens is 1. The number of pyridine rings is 1. The Bertz CT molecular complexity index is 1050. The fourth-order valence-corrected chi connectivity index (χ4v) is 3.70. The van der Waals surface area contributed by atoms with Gasteiger partial charge in [-0.2, -0.15) is 13.2 Å². The maximum absolute atomic E-state index is 13.2. The van der Waals surface area contributed by atoms with Gasteiger partial charge in [-0.3, -0.25) is 14.6 Å². The summed E-state index contributed by atoms with van der Waals surface area (Å²) in [6.07, 6.45) is -1.07. The number of hydrogen-bond donors (Lipinski definition) is 3. The van der Waals surface area contributed by atoms with Crippen LogP contribution in [0.2, 0.25) is 0 Å². The summed E-state index contributed by atoms with van der Waals surface area (Å²) in [7, 11) is 0. The molecule has 0 spiro atoms. The first kappa shape index (κ1) is 23.8. The highest BCUT2D eigenvalue weighted by Gasteiger charge is 2.51. The van der Waals surface area contributed by atoms with Gasteiger partial charge in [-0.05, 0) is 56.0 Å². The Kier molecular flexibility index (Phi) is 6.65. The molecule has 4 rings (SSSR count). The topological polar surface area (TPSA) is 110 Å². The molecule has 3 N–H and O–H groups in total. The second-order valence-electron chi connectivity index (χ2n) is 8.41. The van der Waals surface area contributed by atoms with Gasteiger partial charge in [0.15, 0.2) is 0 Å². The molecule has 1 saturated carbocycles. The Morgan fingerprint density at radius 3 is 2.53 bits per heavy atom. The van der Waals surface area contributed by atoms with Crippen LogP contribution in [0.4, 0.5) is 13.2 Å². The molecule has 1 aromatic heterocycles. The molecule has 0 radical (unpaired) electrons. The van der Waals surface area contributed by atoms with E-state index >= 15 is 0 Å². The number of alkyl halides is 3. The van der Waals surface area contributed by atoms with Crippen LogP contribution in [0, 0.1) is 5.92 Å². The molecule has 2 amide bonds. The molecule has 1 aliphatic carbocycles. The van der Waals surface area contributed by atoms with Crippen LogP contribution in [-0.2, 0) is 27.0 Å². The molecule has 2 aromatic rings. The zero-order valence-electron chi connectivity index (χ0n) is 18.2. The molecule has 2 aliphatic rings. The number of carbonyl (C=O) groups excluding carboxylic acids is 2. The molecule has 2 fully saturated rings. The number of carbonyl (C=O) groups is 2. The number of benzene rings is 1. The molecule has 0 atom stereocenters. The van der Waals surface area contributed by atoms with E-state index in [2.05, 4.69) is 15.6 Å². The van der Waals surface area contributed by atoms with Crippen LogP contribution in [0.25, 0.3) is 0 Å². The Hall–Kier alpha value is -3.34. The summed E-state index contributed by atoms with van der Waals surface area (Å²) in [5.74, 6) is -1.52. The summed E-state index contributed by atoms with van der Waals surface area (Å²) >= 11 is 0. The Morgan fingerprint density at radius 2 is 1.91 bits per heavy atom. The predicted molar refractivity (Wildman–Crippen MR) is 113 cm³/mol. The van der Waals surface area contributed by atoms with Gasteiger partial charge in [-0.1, -0.05) is 0 Å². The largest absolute Gasteiger partial charge is 0.508 e. The van der Waals surface area contributed by atoms with E-state index in [1.165, 1.54) is 18.3 Å². The summed E-state index contributed by atoms with van der Waals surface area (Å²) < 4.78 is 50.1. The van der Waals surface area contributed by atoms with E-state index in [4.69, 9.17) is 9.47 Å². The van der Waals surface area contributed by atoms with Gasteiger partial charge >= 0.3 is 6.18 Å². The molecule has 0 unspecified atom stereocenters. The van der Waals surface area contributed by atoms with E-state index in [-0.39, 0.29) is 30.0 Å². The third-order valence-electron chi connectivity index (χ3n) is 5.86. The number of phenolic OH excluding ortho intramolecular Hbond substituents is 1. The second kappa shape index (κ2) is 9.49. The molecule has 1 aliphatic heterocycles. The number of hydrogen-bond acceptors (Lipinski definition) is 6. The monoisotopic (exact) mass is 479 g/mol. The maximum Gasteiger partial charge on any atom is 0.420 e. The van der Waals surface area contributed by atoms with E-state index in [1.54, 1.807) is 0 Å². The lowest BCUT2D eigenvalue weighted by Crippen LogP contribution is -2.51. The first-order valence-electron chi connectivity index (χ1n) is 10.9. The Balaban J connectivity index is 1.32. The van der Waals surface area contributed by atoms with Gasteiger partial charge in [0, 0.05) is 19.1 Å². The summed E-state index contributed by atoms with van der Waals surface area (Å²) in [5, 5.41) is 15.0. The van der Waals surface area contributed by atoms with Crippen LogP contribution < -0.4 is 15.4 Å². The normalized spacial score (nSPS) is 17.6. The molecule has 11 heteroatoms. The Labute approximate surface area is 193 Å². The number of nitrogens with zero attached hydrogens (tertiary/aromatic N) is 1. The van der Waals surface area contributed by atoms with Crippen LogP contribution >= 0.6 is 0 Å². The SMILES string of the molecule is O=C(NC1(C(=O)NCc2ccc(Oc3ccc(O)cc3C(F)(F)F)cn2)CC1)C1CCOCC1. The van der Waals surface area contributed by atoms with Gasteiger partial charge in [0.2, 0.25) is 11.8 Å². The van der Waals surface area contributed by atoms with E-state index in [0.717, 1.165) is 12.1 Å². The van der Waals surface area contributed by atoms with Crippen molar-refractivity contribution in [1.29, 1.82) is 0 Å². The van der Waals surface area contributed by atoms with Crippen molar-refractivity contribution in [2.24, 2.45) is 5.92 Å². The van der Waals surface area contributed by atoms with E-state index in [0.29, 0.717) is 50.7 Å². The van der Waals surface area contributed by atoms with Crippen LogP contribution in [0.15, 0.2) is 36.5 Å². The smallest absolute Gasteiger partial charge is 0.420 e. The average molecular weight is 479 g/mol. The standard InChI is InChI=1S/C23H24F3N3O5/c24-23(25,26)18-11-16(30)2-4-19(18)34-17-3-1-15(27-13-17)12-28-21(32)22(7-8-22)29-20(31)14-5-9-33-10-6-14/h1-4,11,13-14,30H,5-10,12H2,(H,28,32)(H,29,31). The number of rotatable bonds is 7. The lowest BCUT2D eigenvalue weighted by molar-refractivity contribution is -0.138. The lowest BCUT2D eigenvalue weighted by Gasteiger charge is -2.24. The molecular formula is C23H24F3N3O5. The van der Waals surface area contributed by atoms with Crippen LogP contribution in [0.3, 0.4) is 0 Å². The van der Waals surface area contributed by atoms with Crippen molar-refractivity contribution in [2.75, 3.05) is 13.2 Å². The molecule has 8 nitrogen and oxygen atoms in total. The number of nitrogens with one attached hydrogen (secondary N) is 2. The van der Waals surface area contributed by atoms with Crippen molar-refractivity contribution in [3.63, 3.8) is 0 Å². The van der Waals surface area contributed by atoms with Crippen molar-refractivity contribution in [3.8, 4) is 17.2 Å². The molecule has 34 heavy (non-hydrogen) atoms. The first-order chi connectivity index (χ1) is 16.2. The zero-order valence-corrected chi connectivity index (χ0v) is 18.2. The van der Waals surface area contributed by atoms with Gasteiger partial charge in [0.25, 0.3) is 0 Å². The summed E-state index contributed by atoms with van der Waals surface area (Å²) in [5.41, 5.74) is -1.54. The minimum atomic E-state index is -4.70. The van der Waals surface area contributed by atoms with Crippen molar-refractivity contribution in [2.45, 2.75) is 43.9 Å². The molecule has 1 saturated heterocycles. The number of amides is 2. The van der Waals surface area contributed by atoms with Gasteiger partial charge in [0.1, 0.15) is 28.4 Å². The fourth-order valence-electron chi connectivity index (χ4n) is 3.70. The predicted octanol–water partition coefficient (Wildman–Crippen LogP) is 3.29. The third-order valence-corrected chi connectivity index (χ3v) is 5.86. The highest BCUT2D eigenvalue weighted by molar-refractivity contribution is 5.94. The highest BCUT2D eigenvalue weighted by Crippen LogP contribution is 2.40. The van der Waals surface area contributed by atoms with Gasteiger partial charge in [-0.25, -0.2) is 0 Å². The lowest BCUT2D eigenvalue weighted by atomic mass is 9.98. The van der Waals surface area contributed by atoms with Crippen LogP contribution in [0.5, 0.6) is 17.2 Å². The van der Waals surface area contributed by atoms with Gasteiger partial charge < -0.3 is 25.2 Å². The van der Waals surface area contributed by atoms with Crippen molar-refractivity contribution in [1.82, 2.24) is 15.6 Å². The van der Waals surface area contributed by atoms with E-state index < -0.39 is 28.8 Å². The first-order valence-corrected chi connectivity index (χ1v) is 10.9. The average Bonchev–Trinajstić information content (AvgIpc) is 3.60. The minimum Gasteiger partial charge on any atom is -0.508 e.